The first-order valence-corrected chi connectivity index (χ1v) is 8.19. The summed E-state index contributed by atoms with van der Waals surface area (Å²) < 4.78 is 0. The maximum Gasteiger partial charge on any atom is 0.279 e. The van der Waals surface area contributed by atoms with Crippen molar-refractivity contribution in [2.75, 3.05) is 23.3 Å². The van der Waals surface area contributed by atoms with Crippen molar-refractivity contribution >= 4 is 28.9 Å². The lowest BCUT2D eigenvalue weighted by atomic mass is 10.1. The highest BCUT2D eigenvalue weighted by molar-refractivity contribution is 6.54. The Morgan fingerprint density at radius 3 is 2.60 bits per heavy atom. The summed E-state index contributed by atoms with van der Waals surface area (Å²) in [4.78, 5) is 26.2. The van der Waals surface area contributed by atoms with Crippen molar-refractivity contribution < 1.29 is 9.59 Å². The molecule has 0 unspecified atom stereocenters. The minimum Gasteiger partial charge on any atom is -0.376 e. The fourth-order valence-electron chi connectivity index (χ4n) is 2.79. The summed E-state index contributed by atoms with van der Waals surface area (Å²) in [7, 11) is 0. The van der Waals surface area contributed by atoms with Gasteiger partial charge in [-0.3, -0.25) is 9.59 Å². The normalized spacial score (nSPS) is 14.6. The number of nitrogens with zero attached hydrogens (tertiary/aromatic N) is 2. The predicted octanol–water partition coefficient (Wildman–Crippen LogP) is 2.29. The van der Waals surface area contributed by atoms with Crippen molar-refractivity contribution in [1.82, 2.24) is 5.43 Å². The van der Waals surface area contributed by atoms with Crippen LogP contribution in [0.1, 0.15) is 18.1 Å². The molecule has 3 rings (SSSR count). The third-order valence-corrected chi connectivity index (χ3v) is 4.09. The van der Waals surface area contributed by atoms with Crippen LogP contribution in [0.15, 0.2) is 53.6 Å². The van der Waals surface area contributed by atoms with Crippen LogP contribution in [0.5, 0.6) is 0 Å². The van der Waals surface area contributed by atoms with E-state index in [2.05, 4.69) is 15.8 Å². The Hall–Kier alpha value is -3.15. The van der Waals surface area contributed by atoms with Crippen molar-refractivity contribution in [3.05, 3.63) is 59.7 Å². The Morgan fingerprint density at radius 2 is 1.84 bits per heavy atom. The number of hydrogen-bond acceptors (Lipinski definition) is 4. The largest absolute Gasteiger partial charge is 0.376 e. The molecule has 2 amide bonds. The lowest BCUT2D eigenvalue weighted by Gasteiger charge is -2.12. The predicted molar refractivity (Wildman–Crippen MR) is 98.8 cm³/mol. The molecule has 0 bridgehead atoms. The molecule has 1 aliphatic heterocycles. The highest BCUT2D eigenvalue weighted by atomic mass is 16.2. The van der Waals surface area contributed by atoms with Gasteiger partial charge in [-0.25, -0.2) is 5.43 Å². The Kier molecular flexibility index (Phi) is 4.79. The first-order valence-electron chi connectivity index (χ1n) is 8.19. The molecule has 0 radical (unpaired) electrons. The van der Waals surface area contributed by atoms with E-state index >= 15 is 0 Å². The lowest BCUT2D eigenvalue weighted by molar-refractivity contribution is -0.119. The van der Waals surface area contributed by atoms with Gasteiger partial charge < -0.3 is 10.2 Å². The van der Waals surface area contributed by atoms with Crippen molar-refractivity contribution in [2.45, 2.75) is 13.8 Å². The average Bonchev–Trinajstić information content (AvgIpc) is 2.90. The molecule has 0 saturated carbocycles. The molecule has 128 valence electrons. The van der Waals surface area contributed by atoms with Crippen LogP contribution in [0.2, 0.25) is 0 Å². The zero-order valence-electron chi connectivity index (χ0n) is 14.2. The number of hydrogen-bond donors (Lipinski definition) is 2. The molecule has 6 heteroatoms. The molecule has 0 spiro atoms. The molecule has 2 aromatic carbocycles. The fraction of sp³-hybridized carbons (Fsp3) is 0.211. The second-order valence-electron chi connectivity index (χ2n) is 5.73. The quantitative estimate of drug-likeness (QED) is 0.823. The zero-order valence-corrected chi connectivity index (χ0v) is 14.2. The van der Waals surface area contributed by atoms with Crippen LogP contribution in [0.25, 0.3) is 0 Å². The highest BCUT2D eigenvalue weighted by Crippen LogP contribution is 2.28. The molecule has 0 fully saturated rings. The summed E-state index contributed by atoms with van der Waals surface area (Å²) in [6.45, 7) is 4.50. The number of rotatable bonds is 5. The molecular formula is C19H20N4O2. The van der Waals surface area contributed by atoms with Gasteiger partial charge in [-0.15, -0.1) is 0 Å². The van der Waals surface area contributed by atoms with Crippen molar-refractivity contribution in [1.29, 1.82) is 0 Å². The number of aryl methyl sites for hydroxylation is 1. The van der Waals surface area contributed by atoms with E-state index in [1.165, 1.54) is 0 Å². The number of benzene rings is 2. The maximum absolute atomic E-state index is 12.5. The summed E-state index contributed by atoms with van der Waals surface area (Å²) in [6.07, 6.45) is 0. The average molecular weight is 336 g/mol. The third kappa shape index (κ3) is 3.38. The molecule has 0 atom stereocenters. The number of para-hydroxylation sites is 2. The van der Waals surface area contributed by atoms with Crippen LogP contribution < -0.4 is 15.6 Å². The fourth-order valence-corrected chi connectivity index (χ4v) is 2.79. The summed E-state index contributed by atoms with van der Waals surface area (Å²) >= 11 is 0. The number of carbonyl (C=O) groups excluding carboxylic acids is 2. The van der Waals surface area contributed by atoms with Gasteiger partial charge in [-0.05, 0) is 31.5 Å². The molecule has 6 nitrogen and oxygen atoms in total. The molecule has 1 heterocycles. The van der Waals surface area contributed by atoms with E-state index in [9.17, 15) is 9.59 Å². The highest BCUT2D eigenvalue weighted by Gasteiger charge is 2.32. The van der Waals surface area contributed by atoms with Crippen molar-refractivity contribution in [2.24, 2.45) is 5.10 Å². The van der Waals surface area contributed by atoms with E-state index in [1.807, 2.05) is 62.4 Å². The van der Waals surface area contributed by atoms with E-state index in [1.54, 1.807) is 4.90 Å². The SMILES string of the molecule is CCN1C(=O)/C(=N\NC(=O)CNc2ccccc2C)c2ccccc21. The maximum atomic E-state index is 12.5. The second kappa shape index (κ2) is 7.17. The number of anilines is 2. The summed E-state index contributed by atoms with van der Waals surface area (Å²) in [5, 5.41) is 7.13. The second-order valence-corrected chi connectivity index (χ2v) is 5.73. The number of carbonyl (C=O) groups is 2. The van der Waals surface area contributed by atoms with Crippen LogP contribution in [-0.2, 0) is 9.59 Å². The van der Waals surface area contributed by atoms with E-state index in [0.717, 1.165) is 22.5 Å². The minimum absolute atomic E-state index is 0.0783. The first-order chi connectivity index (χ1) is 12.1. The number of nitrogens with one attached hydrogen (secondary N) is 2. The van der Waals surface area contributed by atoms with Crippen molar-refractivity contribution in [3.8, 4) is 0 Å². The summed E-state index contributed by atoms with van der Waals surface area (Å²) in [5.41, 5.74) is 6.24. The number of amides is 2. The smallest absolute Gasteiger partial charge is 0.279 e. The lowest BCUT2D eigenvalue weighted by Crippen LogP contribution is -2.32. The third-order valence-electron chi connectivity index (χ3n) is 4.09. The van der Waals surface area contributed by atoms with E-state index in [0.29, 0.717) is 6.54 Å². The molecule has 0 saturated heterocycles. The van der Waals surface area contributed by atoms with Crippen LogP contribution in [0.4, 0.5) is 11.4 Å². The Bertz CT molecular complexity index is 845. The van der Waals surface area contributed by atoms with Gasteiger partial charge in [0.25, 0.3) is 11.8 Å². The first kappa shape index (κ1) is 16.7. The van der Waals surface area contributed by atoms with Crippen LogP contribution in [0.3, 0.4) is 0 Å². The number of hydrazone groups is 1. The molecular weight excluding hydrogens is 316 g/mol. The zero-order chi connectivity index (χ0) is 17.8. The van der Waals surface area contributed by atoms with Crippen LogP contribution in [-0.4, -0.2) is 30.6 Å². The topological polar surface area (TPSA) is 73.8 Å². The molecule has 0 aliphatic carbocycles. The number of likely N-dealkylation sites (N-methyl/N-ethyl adjacent to an activating group) is 1. The van der Waals surface area contributed by atoms with Crippen LogP contribution >= 0.6 is 0 Å². The standard InChI is InChI=1S/C19H20N4O2/c1-3-23-16-11-7-5-9-14(16)18(19(23)25)22-21-17(24)12-20-15-10-6-4-8-13(15)2/h4-11,20H,3,12H2,1-2H3,(H,21,24)/b22-18-. The Balaban J connectivity index is 1.68. The van der Waals surface area contributed by atoms with Crippen molar-refractivity contribution in [3.63, 3.8) is 0 Å². The van der Waals surface area contributed by atoms with Gasteiger partial charge in [0, 0.05) is 17.8 Å². The van der Waals surface area contributed by atoms with Gasteiger partial charge in [0.1, 0.15) is 0 Å². The van der Waals surface area contributed by atoms with Crippen LogP contribution in [0, 0.1) is 6.92 Å². The van der Waals surface area contributed by atoms with Gasteiger partial charge in [-0.1, -0.05) is 36.4 Å². The van der Waals surface area contributed by atoms with Gasteiger partial charge in [-0.2, -0.15) is 5.10 Å². The Labute approximate surface area is 146 Å². The van der Waals surface area contributed by atoms with Gasteiger partial charge >= 0.3 is 0 Å². The monoisotopic (exact) mass is 336 g/mol. The summed E-state index contributed by atoms with van der Waals surface area (Å²) in [6, 6.07) is 15.2. The molecule has 2 N–H and O–H groups in total. The van der Waals surface area contributed by atoms with E-state index < -0.39 is 0 Å². The summed E-state index contributed by atoms with van der Waals surface area (Å²) in [5.74, 6) is -0.508. The number of fused-ring (bicyclic) bond motifs is 1. The molecule has 2 aromatic rings. The molecule has 25 heavy (non-hydrogen) atoms. The van der Waals surface area contributed by atoms with E-state index in [-0.39, 0.29) is 24.1 Å². The van der Waals surface area contributed by atoms with Gasteiger partial charge in [0.15, 0.2) is 5.71 Å². The Morgan fingerprint density at radius 1 is 1.12 bits per heavy atom. The molecule has 0 aromatic heterocycles. The van der Waals surface area contributed by atoms with Gasteiger partial charge in [0.05, 0.1) is 12.2 Å². The van der Waals surface area contributed by atoms with Gasteiger partial charge in [0.2, 0.25) is 0 Å². The minimum atomic E-state index is -0.309. The van der Waals surface area contributed by atoms with E-state index in [4.69, 9.17) is 0 Å². The molecule has 1 aliphatic rings.